The predicted molar refractivity (Wildman–Crippen MR) is 147 cm³/mol. The highest BCUT2D eigenvalue weighted by atomic mass is 79.9. The van der Waals surface area contributed by atoms with Crippen molar-refractivity contribution < 1.29 is 4.79 Å². The molecule has 0 bridgehead atoms. The van der Waals surface area contributed by atoms with Crippen LogP contribution in [0.25, 0.3) is 0 Å². The first-order valence-electron chi connectivity index (χ1n) is 11.1. The lowest BCUT2D eigenvalue weighted by Crippen LogP contribution is -2.31. The molecule has 0 spiro atoms. The van der Waals surface area contributed by atoms with Gasteiger partial charge in [-0.1, -0.05) is 106 Å². The molecule has 0 N–H and O–H groups in total. The fourth-order valence-electron chi connectivity index (χ4n) is 4.77. The molecule has 2 atom stereocenters. The number of rotatable bonds is 9. The summed E-state index contributed by atoms with van der Waals surface area (Å²) in [6.07, 6.45) is 4.83. The van der Waals surface area contributed by atoms with Crippen molar-refractivity contribution in [1.82, 2.24) is 0 Å². The maximum atomic E-state index is 12.5. The monoisotopic (exact) mass is 574 g/mol. The number of benzene rings is 2. The predicted octanol–water partition coefficient (Wildman–Crippen LogP) is 9.36. The van der Waals surface area contributed by atoms with E-state index in [1.54, 1.807) is 0 Å². The van der Waals surface area contributed by atoms with Crippen LogP contribution in [0.4, 0.5) is 0 Å². The SMILES string of the molecule is CC(C)(Br)C(CC(C)(C)C(CCC1=C/C(=C/Br)SC1=O)c1ccccc1)c1ccccc1. The number of allylic oxidation sites excluding steroid dienone is 1. The molecule has 0 saturated heterocycles. The molecule has 2 aromatic carbocycles. The highest BCUT2D eigenvalue weighted by Gasteiger charge is 2.38. The molecule has 1 aliphatic heterocycles. The van der Waals surface area contributed by atoms with Gasteiger partial charge in [-0.25, -0.2) is 0 Å². The average Bonchev–Trinajstić information content (AvgIpc) is 3.12. The quantitative estimate of drug-likeness (QED) is 0.277. The molecule has 32 heavy (non-hydrogen) atoms. The van der Waals surface area contributed by atoms with E-state index in [0.717, 1.165) is 29.7 Å². The van der Waals surface area contributed by atoms with Crippen molar-refractivity contribution in [2.24, 2.45) is 5.41 Å². The Kier molecular flexibility index (Phi) is 8.68. The minimum atomic E-state index is -0.0248. The fraction of sp³-hybridized carbons (Fsp3) is 0.393. The molecule has 3 rings (SSSR count). The van der Waals surface area contributed by atoms with E-state index in [0.29, 0.717) is 11.8 Å². The van der Waals surface area contributed by atoms with E-state index < -0.39 is 0 Å². The topological polar surface area (TPSA) is 17.1 Å². The van der Waals surface area contributed by atoms with Gasteiger partial charge in [0.25, 0.3) is 0 Å². The smallest absolute Gasteiger partial charge is 0.220 e. The number of carbonyl (C=O) groups excluding carboxylic acids is 1. The van der Waals surface area contributed by atoms with Crippen LogP contribution in [-0.2, 0) is 4.79 Å². The Hall–Kier alpha value is -1.10. The van der Waals surface area contributed by atoms with E-state index in [2.05, 4.69) is 120 Å². The van der Waals surface area contributed by atoms with Crippen molar-refractivity contribution in [3.05, 3.63) is 93.3 Å². The molecule has 2 unspecified atom stereocenters. The van der Waals surface area contributed by atoms with Crippen molar-refractivity contribution in [2.45, 2.75) is 63.1 Å². The van der Waals surface area contributed by atoms with Crippen LogP contribution in [0.15, 0.2) is 82.2 Å². The van der Waals surface area contributed by atoms with Gasteiger partial charge in [-0.3, -0.25) is 4.79 Å². The van der Waals surface area contributed by atoms with Crippen LogP contribution in [0, 0.1) is 5.41 Å². The van der Waals surface area contributed by atoms with E-state index in [4.69, 9.17) is 0 Å². The lowest BCUT2D eigenvalue weighted by Gasteiger charge is -2.41. The third-order valence-corrected chi connectivity index (χ3v) is 8.77. The Labute approximate surface area is 214 Å². The van der Waals surface area contributed by atoms with E-state index in [9.17, 15) is 4.79 Å². The standard InChI is InChI=1S/C28H32Br2OS/c1-27(2,18-25(28(3,4)30)21-13-9-6-10-14-21)24(20-11-7-5-8-12-20)16-15-22-17-23(19-29)32-26(22)31/h5-14,17,19,24-25H,15-16,18H2,1-4H3/b23-19-. The number of alkyl halides is 1. The zero-order valence-corrected chi connectivity index (χ0v) is 23.3. The summed E-state index contributed by atoms with van der Waals surface area (Å²) >= 11 is 8.67. The second-order valence-electron chi connectivity index (χ2n) is 9.79. The summed E-state index contributed by atoms with van der Waals surface area (Å²) in [7, 11) is 0. The van der Waals surface area contributed by atoms with Gasteiger partial charge in [0.1, 0.15) is 0 Å². The summed E-state index contributed by atoms with van der Waals surface area (Å²) in [5.41, 5.74) is 3.69. The van der Waals surface area contributed by atoms with Gasteiger partial charge >= 0.3 is 0 Å². The Morgan fingerprint density at radius 1 is 0.906 bits per heavy atom. The Balaban J connectivity index is 1.90. The van der Waals surface area contributed by atoms with E-state index in [-0.39, 0.29) is 14.9 Å². The molecule has 0 aliphatic carbocycles. The van der Waals surface area contributed by atoms with Gasteiger partial charge in [0.15, 0.2) is 0 Å². The van der Waals surface area contributed by atoms with Gasteiger partial charge in [-0.15, -0.1) is 0 Å². The largest absolute Gasteiger partial charge is 0.282 e. The third kappa shape index (κ3) is 6.48. The maximum Gasteiger partial charge on any atom is 0.220 e. The summed E-state index contributed by atoms with van der Waals surface area (Å²) in [4.78, 5) is 15.3. The number of hydrogen-bond donors (Lipinski definition) is 0. The molecule has 170 valence electrons. The third-order valence-electron chi connectivity index (χ3n) is 6.51. The van der Waals surface area contributed by atoms with Crippen molar-refractivity contribution in [3.63, 3.8) is 0 Å². The molecule has 1 heterocycles. The summed E-state index contributed by atoms with van der Waals surface area (Å²) in [5.74, 6) is 0.719. The summed E-state index contributed by atoms with van der Waals surface area (Å²) < 4.78 is -0.0248. The maximum absolute atomic E-state index is 12.5. The van der Waals surface area contributed by atoms with Gasteiger partial charge < -0.3 is 0 Å². The lowest BCUT2D eigenvalue weighted by atomic mass is 9.65. The highest BCUT2D eigenvalue weighted by molar-refractivity contribution is 9.11. The van der Waals surface area contributed by atoms with E-state index in [1.165, 1.54) is 22.9 Å². The van der Waals surface area contributed by atoms with Crippen molar-refractivity contribution >= 4 is 48.7 Å². The number of halogens is 2. The van der Waals surface area contributed by atoms with Crippen molar-refractivity contribution in [1.29, 1.82) is 0 Å². The van der Waals surface area contributed by atoms with Crippen LogP contribution < -0.4 is 0 Å². The first-order chi connectivity index (χ1) is 15.1. The zero-order valence-electron chi connectivity index (χ0n) is 19.3. The first kappa shape index (κ1) is 25.5. The summed E-state index contributed by atoms with van der Waals surface area (Å²) in [5, 5.41) is 0.184. The number of thioether (sulfide) groups is 1. The zero-order chi connectivity index (χ0) is 23.4. The fourth-order valence-corrected chi connectivity index (χ4v) is 6.36. The molecule has 1 aliphatic rings. The molecular weight excluding hydrogens is 544 g/mol. The molecular formula is C28H32Br2OS. The molecule has 0 saturated carbocycles. The second kappa shape index (κ2) is 10.9. The molecule has 0 fully saturated rings. The molecule has 0 amide bonds. The van der Waals surface area contributed by atoms with Crippen LogP contribution in [-0.4, -0.2) is 9.44 Å². The molecule has 2 aromatic rings. The average molecular weight is 576 g/mol. The molecule has 1 nitrogen and oxygen atoms in total. The van der Waals surface area contributed by atoms with Crippen LogP contribution in [0.2, 0.25) is 0 Å². The number of carbonyl (C=O) groups is 1. The highest BCUT2D eigenvalue weighted by Crippen LogP contribution is 2.50. The first-order valence-corrected chi connectivity index (χ1v) is 13.7. The molecule has 4 heteroatoms. The van der Waals surface area contributed by atoms with Crippen molar-refractivity contribution in [2.75, 3.05) is 0 Å². The Morgan fingerprint density at radius 3 is 1.91 bits per heavy atom. The minimum Gasteiger partial charge on any atom is -0.282 e. The lowest BCUT2D eigenvalue weighted by molar-refractivity contribution is -0.107. The summed E-state index contributed by atoms with van der Waals surface area (Å²) in [6, 6.07) is 21.7. The second-order valence-corrected chi connectivity index (χ2v) is 13.3. The molecule has 0 radical (unpaired) electrons. The van der Waals surface area contributed by atoms with Gasteiger partial charge in [0.2, 0.25) is 5.12 Å². The van der Waals surface area contributed by atoms with Crippen LogP contribution >= 0.6 is 43.6 Å². The molecule has 0 aromatic heterocycles. The van der Waals surface area contributed by atoms with Crippen molar-refractivity contribution in [3.8, 4) is 0 Å². The van der Waals surface area contributed by atoms with Gasteiger partial charge in [0.05, 0.1) is 0 Å². The van der Waals surface area contributed by atoms with Crippen LogP contribution in [0.1, 0.15) is 69.9 Å². The van der Waals surface area contributed by atoms with Gasteiger partial charge in [0, 0.05) is 14.8 Å². The van der Waals surface area contributed by atoms with Gasteiger partial charge in [-0.05, 0) is 84.3 Å². The van der Waals surface area contributed by atoms with Crippen LogP contribution in [0.3, 0.4) is 0 Å². The number of hydrogen-bond acceptors (Lipinski definition) is 2. The Bertz CT molecular complexity index is 971. The van der Waals surface area contributed by atoms with E-state index in [1.807, 2.05) is 11.1 Å². The Morgan fingerprint density at radius 2 is 1.44 bits per heavy atom. The normalized spacial score (nSPS) is 18.0. The minimum absolute atomic E-state index is 0.0248. The van der Waals surface area contributed by atoms with Crippen LogP contribution in [0.5, 0.6) is 0 Å². The van der Waals surface area contributed by atoms with Gasteiger partial charge in [-0.2, -0.15) is 0 Å². The van der Waals surface area contributed by atoms with E-state index >= 15 is 0 Å². The summed E-state index contributed by atoms with van der Waals surface area (Å²) in [6.45, 7) is 9.32.